The topological polar surface area (TPSA) is 150 Å². The van der Waals surface area contributed by atoms with Crippen molar-refractivity contribution in [1.29, 1.82) is 0 Å². The van der Waals surface area contributed by atoms with Crippen molar-refractivity contribution < 1.29 is 28.7 Å². The van der Waals surface area contributed by atoms with E-state index in [9.17, 15) is 14.3 Å². The quantitative estimate of drug-likeness (QED) is 0.360. The van der Waals surface area contributed by atoms with Gasteiger partial charge in [-0.05, 0) is 5.57 Å². The number of allylic oxidation sites excluding steroid dienone is 6. The summed E-state index contributed by atoms with van der Waals surface area (Å²) in [6.45, 7) is 0. The Morgan fingerprint density at radius 3 is 1.82 bits per heavy atom. The van der Waals surface area contributed by atoms with Crippen molar-refractivity contribution in [3.05, 3.63) is 40.8 Å². The molecule has 1 aliphatic carbocycles. The molecule has 0 saturated heterocycles. The van der Waals surface area contributed by atoms with Gasteiger partial charge in [0.15, 0.2) is 0 Å². The van der Waals surface area contributed by atoms with Crippen LogP contribution in [0.5, 0.6) is 0 Å². The van der Waals surface area contributed by atoms with Crippen LogP contribution < -0.4 is 5.48 Å². The Hall–Kier alpha value is -0.720. The van der Waals surface area contributed by atoms with Gasteiger partial charge in [-0.25, -0.2) is 0 Å². The molecule has 0 aliphatic heterocycles. The van der Waals surface area contributed by atoms with Crippen LogP contribution in [0.15, 0.2) is 35.6 Å². The molecule has 1 aliphatic rings. The first-order valence-electron chi connectivity index (χ1n) is 4.25. The van der Waals surface area contributed by atoms with Gasteiger partial charge < -0.3 is 30.3 Å². The molecule has 5 N–H and O–H groups in total. The molecule has 0 heterocycles. The first-order valence-corrected chi connectivity index (χ1v) is 7.61. The third kappa shape index (κ3) is 3.37. The Morgan fingerprint density at radius 1 is 1.12 bits per heavy atom. The Morgan fingerprint density at radius 2 is 1.53 bits per heavy atom. The van der Waals surface area contributed by atoms with Gasteiger partial charge in [0.2, 0.25) is 5.40 Å². The van der Waals surface area contributed by atoms with E-state index < -0.39 is 26.3 Å². The highest BCUT2D eigenvalue weighted by Crippen LogP contribution is 2.62. The largest absolute Gasteiger partial charge is 0.761 e. The maximum Gasteiger partial charge on any atom is 0.346 e. The molecule has 0 spiro atoms. The molecule has 0 fully saturated rings. The smallest absolute Gasteiger partial charge is 0.346 e. The molecule has 8 nitrogen and oxygen atoms in total. The molecule has 0 saturated carbocycles. The van der Waals surface area contributed by atoms with Crippen molar-refractivity contribution in [2.75, 3.05) is 0 Å². The van der Waals surface area contributed by atoms with E-state index in [1.165, 1.54) is 29.8 Å². The summed E-state index contributed by atoms with van der Waals surface area (Å²) < 4.78 is 22.2. The fraction of sp³-hybridized carbons (Fsp3) is 0.143. The number of hydroxylamine groups is 1. The van der Waals surface area contributed by atoms with Crippen LogP contribution in [-0.4, -0.2) is 25.0 Å². The van der Waals surface area contributed by atoms with Crippen LogP contribution in [-0.2, 0) is 9.13 Å². The second kappa shape index (κ2) is 4.88. The van der Waals surface area contributed by atoms with Gasteiger partial charge >= 0.3 is 15.2 Å². The summed E-state index contributed by atoms with van der Waals surface area (Å²) in [7, 11) is -10.3. The zero-order valence-corrected chi connectivity index (χ0v) is 10.1. The second-order valence-corrected chi connectivity index (χ2v) is 7.04. The number of rotatable bonds is 4. The van der Waals surface area contributed by atoms with E-state index in [-0.39, 0.29) is 5.57 Å². The SMILES string of the molecule is O=P(O)(O)C(C(N[O-])=C1C=CC=C1)P(=O)(O)O. The molecule has 96 valence electrons. The minimum absolute atomic E-state index is 0.0247. The average Bonchev–Trinajstić information content (AvgIpc) is 2.61. The highest BCUT2D eigenvalue weighted by molar-refractivity contribution is 7.71. The lowest BCUT2D eigenvalue weighted by Gasteiger charge is -2.26. The van der Waals surface area contributed by atoms with E-state index in [0.29, 0.717) is 0 Å². The molecule has 0 radical (unpaired) electrons. The molecule has 0 bridgehead atoms. The molecule has 17 heavy (non-hydrogen) atoms. The average molecular weight is 282 g/mol. The molecule has 0 atom stereocenters. The monoisotopic (exact) mass is 282 g/mol. The van der Waals surface area contributed by atoms with Crippen molar-refractivity contribution >= 4 is 15.2 Å². The molecule has 10 heteroatoms. The predicted octanol–water partition coefficient (Wildman–Crippen LogP) is 0.135. The first kappa shape index (κ1) is 14.3. The second-order valence-electron chi connectivity index (χ2n) is 3.24. The van der Waals surface area contributed by atoms with Crippen LogP contribution in [0.25, 0.3) is 0 Å². The molecule has 0 aromatic carbocycles. The fourth-order valence-electron chi connectivity index (χ4n) is 1.35. The third-order valence-electron chi connectivity index (χ3n) is 1.98. The normalized spacial score (nSPS) is 15.8. The standard InChI is InChI=1S/C7H10NO7P2/c9-8-6(5-3-1-2-4-5)7(16(10,11)12)17(13,14)15/h1-4,7-8H,(H2,10,11,12)(H2,13,14,15)/q-1. The van der Waals surface area contributed by atoms with Gasteiger partial charge in [-0.1, -0.05) is 24.3 Å². The molecule has 0 unspecified atom stereocenters. The van der Waals surface area contributed by atoms with E-state index in [1.54, 1.807) is 0 Å². The molecule has 0 amide bonds. The summed E-state index contributed by atoms with van der Waals surface area (Å²) in [6.07, 6.45) is 5.53. The third-order valence-corrected chi connectivity index (χ3v) is 5.57. The first-order chi connectivity index (χ1) is 7.68. The molecule has 0 aromatic rings. The van der Waals surface area contributed by atoms with Crippen LogP contribution in [0.4, 0.5) is 0 Å². The Labute approximate surface area is 96.3 Å². The maximum atomic E-state index is 11.1. The lowest BCUT2D eigenvalue weighted by atomic mass is 10.2. The van der Waals surface area contributed by atoms with Crippen molar-refractivity contribution in [2.24, 2.45) is 0 Å². The lowest BCUT2D eigenvalue weighted by Crippen LogP contribution is -2.22. The zero-order valence-electron chi connectivity index (χ0n) is 8.29. The molecular formula is C7H10NO7P2-. The fourth-order valence-corrected chi connectivity index (χ4v) is 3.99. The van der Waals surface area contributed by atoms with Crippen molar-refractivity contribution in [3.63, 3.8) is 0 Å². The minimum atomic E-state index is -5.17. The Kier molecular flexibility index (Phi) is 4.11. The number of nitrogens with one attached hydrogen (secondary N) is 1. The highest BCUT2D eigenvalue weighted by Gasteiger charge is 2.46. The van der Waals surface area contributed by atoms with Gasteiger partial charge in [-0.3, -0.25) is 9.13 Å². The van der Waals surface area contributed by atoms with Gasteiger partial charge in [-0.2, -0.15) is 0 Å². The van der Waals surface area contributed by atoms with Crippen LogP contribution >= 0.6 is 15.2 Å². The summed E-state index contributed by atoms with van der Waals surface area (Å²) >= 11 is 0. The molecule has 0 aromatic heterocycles. The highest BCUT2D eigenvalue weighted by atomic mass is 31.2. The van der Waals surface area contributed by atoms with Gasteiger partial charge in [0.25, 0.3) is 0 Å². The zero-order chi connectivity index (χ0) is 13.3. The van der Waals surface area contributed by atoms with E-state index in [0.717, 1.165) is 0 Å². The summed E-state index contributed by atoms with van der Waals surface area (Å²) in [5, 5.41) is 8.21. The summed E-state index contributed by atoms with van der Waals surface area (Å²) in [5.74, 6) is 0. The predicted molar refractivity (Wildman–Crippen MR) is 59.7 cm³/mol. The minimum Gasteiger partial charge on any atom is -0.761 e. The van der Waals surface area contributed by atoms with E-state index in [4.69, 9.17) is 19.6 Å². The van der Waals surface area contributed by atoms with Crippen LogP contribution in [0.3, 0.4) is 0 Å². The van der Waals surface area contributed by atoms with Crippen LogP contribution in [0.2, 0.25) is 0 Å². The van der Waals surface area contributed by atoms with Gasteiger partial charge in [-0.15, -0.1) is 0 Å². The van der Waals surface area contributed by atoms with Crippen molar-refractivity contribution in [1.82, 2.24) is 5.48 Å². The Bertz CT molecular complexity index is 446. The summed E-state index contributed by atoms with van der Waals surface area (Å²) in [5.41, 5.74) is 0.499. The van der Waals surface area contributed by atoms with E-state index in [1.807, 2.05) is 0 Å². The van der Waals surface area contributed by atoms with Gasteiger partial charge in [0.05, 0.1) is 0 Å². The van der Waals surface area contributed by atoms with E-state index >= 15 is 0 Å². The van der Waals surface area contributed by atoms with Crippen LogP contribution in [0, 0.1) is 5.21 Å². The van der Waals surface area contributed by atoms with Gasteiger partial charge in [0.1, 0.15) is 0 Å². The lowest BCUT2D eigenvalue weighted by molar-refractivity contribution is 0.343. The number of hydrogen-bond acceptors (Lipinski definition) is 4. The maximum absolute atomic E-state index is 11.1. The summed E-state index contributed by atoms with van der Waals surface area (Å²) in [6, 6.07) is 0. The number of hydrogen-bond donors (Lipinski definition) is 5. The molecule has 1 rings (SSSR count). The van der Waals surface area contributed by atoms with Crippen molar-refractivity contribution in [3.8, 4) is 0 Å². The Balaban J connectivity index is 3.38. The van der Waals surface area contributed by atoms with Gasteiger partial charge in [0, 0.05) is 5.70 Å². The van der Waals surface area contributed by atoms with Crippen LogP contribution in [0.1, 0.15) is 0 Å². The summed E-state index contributed by atoms with van der Waals surface area (Å²) in [4.78, 5) is 35.7. The molecular weight excluding hydrogens is 272 g/mol. The van der Waals surface area contributed by atoms with E-state index in [2.05, 4.69) is 0 Å². The van der Waals surface area contributed by atoms with Crippen molar-refractivity contribution in [2.45, 2.75) is 5.40 Å².